The van der Waals surface area contributed by atoms with Crippen LogP contribution in [0.3, 0.4) is 0 Å². The van der Waals surface area contributed by atoms with Crippen LogP contribution in [0, 0.1) is 0 Å². The van der Waals surface area contributed by atoms with E-state index in [-0.39, 0.29) is 36.1 Å². The fraction of sp³-hybridized carbons (Fsp3) is 0.650. The first kappa shape index (κ1) is 23.7. The van der Waals surface area contributed by atoms with Gasteiger partial charge in [-0.15, -0.1) is 24.0 Å². The van der Waals surface area contributed by atoms with E-state index < -0.39 is 0 Å². The van der Waals surface area contributed by atoms with E-state index in [1.54, 1.807) is 0 Å². The summed E-state index contributed by atoms with van der Waals surface area (Å²) in [5.74, 6) is 0.832. The molecule has 2 aliphatic heterocycles. The average Bonchev–Trinajstić information content (AvgIpc) is 3.22. The number of aliphatic imine (C=N–C) groups is 1. The zero-order valence-corrected chi connectivity index (χ0v) is 19.6. The third-order valence-electron chi connectivity index (χ3n) is 5.04. The number of rotatable bonds is 7. The van der Waals surface area contributed by atoms with Gasteiger partial charge in [0, 0.05) is 37.8 Å². The van der Waals surface area contributed by atoms with E-state index >= 15 is 0 Å². The van der Waals surface area contributed by atoms with Crippen LogP contribution in [-0.2, 0) is 9.47 Å². The van der Waals surface area contributed by atoms with Gasteiger partial charge in [-0.1, -0.05) is 29.8 Å². The zero-order chi connectivity index (χ0) is 18.9. The highest BCUT2D eigenvalue weighted by Gasteiger charge is 2.24. The standard InChI is InChI=1S/C20H31ClN4O2.HI/c1-2-22-20(23-14-16-6-5-11-27-16)24-15-19(25-9-12-26-13-10-25)17-7-3-4-8-18(17)21;/h3-4,7-8,16,19H,2,5-6,9-15H2,1H3,(H2,22,23,24);1H. The molecule has 2 atom stereocenters. The van der Waals surface area contributed by atoms with Crippen molar-refractivity contribution in [3.05, 3.63) is 34.9 Å². The molecule has 158 valence electrons. The molecule has 0 spiro atoms. The molecule has 0 aromatic heterocycles. The molecule has 0 aliphatic carbocycles. The maximum atomic E-state index is 6.51. The first-order valence-corrected chi connectivity index (χ1v) is 10.4. The highest BCUT2D eigenvalue weighted by atomic mass is 127. The van der Waals surface area contributed by atoms with E-state index in [9.17, 15) is 0 Å². The number of nitrogens with one attached hydrogen (secondary N) is 2. The molecule has 0 amide bonds. The number of benzene rings is 1. The molecule has 1 aromatic carbocycles. The monoisotopic (exact) mass is 522 g/mol. The molecule has 2 aliphatic rings. The number of nitrogens with zero attached hydrogens (tertiary/aromatic N) is 2. The fourth-order valence-electron chi connectivity index (χ4n) is 3.58. The van der Waals surface area contributed by atoms with Gasteiger partial charge in [-0.25, -0.2) is 0 Å². The smallest absolute Gasteiger partial charge is 0.191 e. The Morgan fingerprint density at radius 2 is 2.04 bits per heavy atom. The van der Waals surface area contributed by atoms with Gasteiger partial charge in [-0.3, -0.25) is 9.89 Å². The maximum absolute atomic E-state index is 6.51. The number of morpholine rings is 1. The number of halogens is 2. The van der Waals surface area contributed by atoms with Crippen molar-refractivity contribution < 1.29 is 9.47 Å². The highest BCUT2D eigenvalue weighted by molar-refractivity contribution is 14.0. The van der Waals surface area contributed by atoms with Gasteiger partial charge in [0.1, 0.15) is 0 Å². The largest absolute Gasteiger partial charge is 0.379 e. The lowest BCUT2D eigenvalue weighted by Gasteiger charge is -2.34. The molecular weight excluding hydrogens is 491 g/mol. The third kappa shape index (κ3) is 7.02. The van der Waals surface area contributed by atoms with Gasteiger partial charge < -0.3 is 20.1 Å². The second kappa shape index (κ2) is 12.8. The maximum Gasteiger partial charge on any atom is 0.191 e. The van der Waals surface area contributed by atoms with Crippen molar-refractivity contribution in [3.63, 3.8) is 0 Å². The minimum absolute atomic E-state index is 0. The lowest BCUT2D eigenvalue weighted by Crippen LogP contribution is -2.43. The number of guanidine groups is 1. The Hall–Kier alpha value is -0.610. The Morgan fingerprint density at radius 1 is 1.25 bits per heavy atom. The lowest BCUT2D eigenvalue weighted by atomic mass is 10.0. The molecule has 2 N–H and O–H groups in total. The molecular formula is C20H32ClIN4O2. The van der Waals surface area contributed by atoms with Crippen LogP contribution in [0.4, 0.5) is 0 Å². The summed E-state index contributed by atoms with van der Waals surface area (Å²) in [6.07, 6.45) is 2.54. The minimum atomic E-state index is 0. The average molecular weight is 523 g/mol. The summed E-state index contributed by atoms with van der Waals surface area (Å²) < 4.78 is 11.2. The normalized spacial score (nSPS) is 21.8. The molecule has 2 unspecified atom stereocenters. The van der Waals surface area contributed by atoms with E-state index in [1.807, 2.05) is 18.2 Å². The second-order valence-electron chi connectivity index (χ2n) is 6.92. The van der Waals surface area contributed by atoms with Crippen LogP contribution in [0.1, 0.15) is 31.4 Å². The molecule has 28 heavy (non-hydrogen) atoms. The van der Waals surface area contributed by atoms with Crippen LogP contribution in [-0.4, -0.2) is 69.5 Å². The Morgan fingerprint density at radius 3 is 2.71 bits per heavy atom. The van der Waals surface area contributed by atoms with Gasteiger partial charge >= 0.3 is 0 Å². The molecule has 3 rings (SSSR count). The van der Waals surface area contributed by atoms with Gasteiger partial charge in [0.05, 0.1) is 31.9 Å². The predicted octanol–water partition coefficient (Wildman–Crippen LogP) is 3.07. The number of ether oxygens (including phenoxy) is 2. The SMILES string of the molecule is CCNC(=NCC(c1ccccc1Cl)N1CCOCC1)NCC1CCCO1.I. The van der Waals surface area contributed by atoms with E-state index in [2.05, 4.69) is 28.5 Å². The Labute approximate surface area is 190 Å². The van der Waals surface area contributed by atoms with Crippen LogP contribution >= 0.6 is 35.6 Å². The summed E-state index contributed by atoms with van der Waals surface area (Å²) in [4.78, 5) is 7.28. The van der Waals surface area contributed by atoms with Gasteiger partial charge in [0.2, 0.25) is 0 Å². The third-order valence-corrected chi connectivity index (χ3v) is 5.38. The van der Waals surface area contributed by atoms with Crippen LogP contribution in [0.15, 0.2) is 29.3 Å². The van der Waals surface area contributed by atoms with Crippen LogP contribution in [0.5, 0.6) is 0 Å². The summed E-state index contributed by atoms with van der Waals surface area (Å²) in [5, 5.41) is 7.56. The highest BCUT2D eigenvalue weighted by Crippen LogP contribution is 2.28. The lowest BCUT2D eigenvalue weighted by molar-refractivity contribution is 0.0180. The Balaban J connectivity index is 0.00000280. The Kier molecular flexibility index (Phi) is 10.9. The van der Waals surface area contributed by atoms with Gasteiger partial charge in [0.15, 0.2) is 5.96 Å². The first-order valence-electron chi connectivity index (χ1n) is 9.98. The number of hydrogen-bond donors (Lipinski definition) is 2. The second-order valence-corrected chi connectivity index (χ2v) is 7.33. The molecule has 2 saturated heterocycles. The first-order chi connectivity index (χ1) is 13.3. The van der Waals surface area contributed by atoms with E-state index in [0.717, 1.165) is 75.4 Å². The van der Waals surface area contributed by atoms with E-state index in [0.29, 0.717) is 6.54 Å². The van der Waals surface area contributed by atoms with Crippen LogP contribution in [0.25, 0.3) is 0 Å². The molecule has 2 fully saturated rings. The quantitative estimate of drug-likeness (QED) is 0.328. The molecule has 6 nitrogen and oxygen atoms in total. The van der Waals surface area contributed by atoms with Crippen molar-refractivity contribution in [2.24, 2.45) is 4.99 Å². The molecule has 0 bridgehead atoms. The number of hydrogen-bond acceptors (Lipinski definition) is 4. The molecule has 0 saturated carbocycles. The van der Waals surface area contributed by atoms with Crippen molar-refractivity contribution in [2.45, 2.75) is 31.9 Å². The summed E-state index contributed by atoms with van der Waals surface area (Å²) in [6, 6.07) is 8.21. The topological polar surface area (TPSA) is 58.1 Å². The molecule has 8 heteroatoms. The van der Waals surface area contributed by atoms with Gasteiger partial charge in [-0.05, 0) is 31.4 Å². The van der Waals surface area contributed by atoms with Crippen LogP contribution < -0.4 is 10.6 Å². The summed E-state index contributed by atoms with van der Waals surface area (Å²) >= 11 is 6.51. The van der Waals surface area contributed by atoms with Crippen molar-refractivity contribution in [2.75, 3.05) is 52.5 Å². The molecule has 0 radical (unpaired) electrons. The van der Waals surface area contributed by atoms with Gasteiger partial charge in [0.25, 0.3) is 0 Å². The summed E-state index contributed by atoms with van der Waals surface area (Å²) in [6.45, 7) is 8.50. The molecule has 1 aromatic rings. The van der Waals surface area contributed by atoms with Crippen molar-refractivity contribution in [3.8, 4) is 0 Å². The van der Waals surface area contributed by atoms with Crippen molar-refractivity contribution in [1.82, 2.24) is 15.5 Å². The van der Waals surface area contributed by atoms with Crippen molar-refractivity contribution >= 4 is 41.5 Å². The zero-order valence-electron chi connectivity index (χ0n) is 16.5. The van der Waals surface area contributed by atoms with E-state index in [4.69, 9.17) is 26.1 Å². The van der Waals surface area contributed by atoms with Crippen molar-refractivity contribution in [1.29, 1.82) is 0 Å². The summed E-state index contributed by atoms with van der Waals surface area (Å²) in [7, 11) is 0. The minimum Gasteiger partial charge on any atom is -0.379 e. The fourth-order valence-corrected chi connectivity index (χ4v) is 3.84. The predicted molar refractivity (Wildman–Crippen MR) is 125 cm³/mol. The molecule has 2 heterocycles. The summed E-state index contributed by atoms with van der Waals surface area (Å²) in [5.41, 5.74) is 1.12. The van der Waals surface area contributed by atoms with Crippen LogP contribution in [0.2, 0.25) is 5.02 Å². The van der Waals surface area contributed by atoms with E-state index in [1.165, 1.54) is 0 Å². The van der Waals surface area contributed by atoms with Gasteiger partial charge in [-0.2, -0.15) is 0 Å². The Bertz CT molecular complexity index is 608.